The van der Waals surface area contributed by atoms with Gasteiger partial charge in [0, 0.05) is 92.4 Å². The standard InChI is InChI=1S/C43H34N6O4/c1-25-12-14-47-22-34(25)42(33(20-45)36-24-49-38-11-9-29(50-2)18-31(36)38)41(27-7-6-13-46-21-27)32(19-44)35-23-48-37-10-8-26(15-30(35)37)28-16-39(51-3)43(53-5)40(17-28)52-4/h6-18,21-24,48-49H,1-5H3/b41-32-,42-33-. The largest absolute Gasteiger partial charge is 0.497 e. The Morgan fingerprint density at radius 2 is 1.26 bits per heavy atom. The van der Waals surface area contributed by atoms with Crippen LogP contribution in [0.2, 0.25) is 0 Å². The average Bonchev–Trinajstić information content (AvgIpc) is 3.83. The van der Waals surface area contributed by atoms with Gasteiger partial charge in [-0.3, -0.25) is 9.97 Å². The molecular weight excluding hydrogens is 665 g/mol. The molecule has 4 heterocycles. The third kappa shape index (κ3) is 6.09. The zero-order valence-electron chi connectivity index (χ0n) is 29.7. The summed E-state index contributed by atoms with van der Waals surface area (Å²) >= 11 is 0. The van der Waals surface area contributed by atoms with Gasteiger partial charge in [0.25, 0.3) is 0 Å². The lowest BCUT2D eigenvalue weighted by molar-refractivity contribution is 0.324. The van der Waals surface area contributed by atoms with Crippen molar-refractivity contribution in [1.29, 1.82) is 10.5 Å². The van der Waals surface area contributed by atoms with Gasteiger partial charge >= 0.3 is 0 Å². The van der Waals surface area contributed by atoms with E-state index < -0.39 is 0 Å². The molecule has 53 heavy (non-hydrogen) atoms. The quantitative estimate of drug-likeness (QED) is 0.106. The van der Waals surface area contributed by atoms with Crippen molar-refractivity contribution < 1.29 is 18.9 Å². The molecule has 0 aliphatic rings. The second-order valence-corrected chi connectivity index (χ2v) is 12.1. The molecule has 3 aromatic carbocycles. The molecule has 7 rings (SSSR count). The Morgan fingerprint density at radius 1 is 0.623 bits per heavy atom. The van der Waals surface area contributed by atoms with Gasteiger partial charge < -0.3 is 28.9 Å². The Balaban J connectivity index is 1.57. The number of aryl methyl sites for hydroxylation is 1. The minimum atomic E-state index is 0.342. The van der Waals surface area contributed by atoms with Gasteiger partial charge in [-0.25, -0.2) is 0 Å². The molecule has 0 spiro atoms. The average molecular weight is 699 g/mol. The van der Waals surface area contributed by atoms with Crippen molar-refractivity contribution in [3.63, 3.8) is 0 Å². The second-order valence-electron chi connectivity index (χ2n) is 12.1. The van der Waals surface area contributed by atoms with E-state index in [2.05, 4.69) is 32.1 Å². The lowest BCUT2D eigenvalue weighted by Gasteiger charge is -2.19. The highest BCUT2D eigenvalue weighted by Gasteiger charge is 2.27. The van der Waals surface area contributed by atoms with Crippen LogP contribution in [0, 0.1) is 29.6 Å². The van der Waals surface area contributed by atoms with E-state index in [0.717, 1.165) is 38.5 Å². The van der Waals surface area contributed by atoms with Gasteiger partial charge in [0.1, 0.15) is 17.9 Å². The molecule has 0 aliphatic carbocycles. The Hall–Kier alpha value is -7.30. The molecule has 0 aliphatic heterocycles. The van der Waals surface area contributed by atoms with E-state index in [1.807, 2.05) is 86.0 Å². The summed E-state index contributed by atoms with van der Waals surface area (Å²) < 4.78 is 22.4. The summed E-state index contributed by atoms with van der Waals surface area (Å²) in [6, 6.07) is 26.1. The van der Waals surface area contributed by atoms with E-state index in [4.69, 9.17) is 18.9 Å². The van der Waals surface area contributed by atoms with Gasteiger partial charge in [-0.1, -0.05) is 12.1 Å². The fourth-order valence-electron chi connectivity index (χ4n) is 6.73. The molecule has 260 valence electrons. The third-order valence-electron chi connectivity index (χ3n) is 9.34. The minimum Gasteiger partial charge on any atom is -0.497 e. The number of nitrogens with zero attached hydrogens (tertiary/aromatic N) is 4. The third-order valence-corrected chi connectivity index (χ3v) is 9.34. The molecule has 4 aromatic heterocycles. The fourth-order valence-corrected chi connectivity index (χ4v) is 6.73. The number of rotatable bonds is 10. The normalized spacial score (nSPS) is 12.1. The SMILES string of the molecule is COc1ccc2[nH]cc(/C(C#N)=C(\C(=C(\C#N)c3c[nH]c4ccc(-c5cc(OC)c(OC)c(OC)c5)cc34)c3cccnc3)c3cnccc3C)c2c1. The van der Waals surface area contributed by atoms with Crippen molar-refractivity contribution in [3.8, 4) is 46.3 Å². The number of hydrogen-bond donors (Lipinski definition) is 2. The van der Waals surface area contributed by atoms with Crippen molar-refractivity contribution in [2.45, 2.75) is 6.92 Å². The molecule has 0 unspecified atom stereocenters. The highest BCUT2D eigenvalue weighted by atomic mass is 16.5. The molecule has 7 aromatic rings. The predicted octanol–water partition coefficient (Wildman–Crippen LogP) is 9.02. The lowest BCUT2D eigenvalue weighted by atomic mass is 9.82. The van der Waals surface area contributed by atoms with Crippen LogP contribution in [0.25, 0.3) is 55.2 Å². The van der Waals surface area contributed by atoms with E-state index in [1.165, 1.54) is 0 Å². The van der Waals surface area contributed by atoms with Crippen LogP contribution in [-0.2, 0) is 0 Å². The van der Waals surface area contributed by atoms with Crippen LogP contribution >= 0.6 is 0 Å². The second kappa shape index (κ2) is 14.5. The lowest BCUT2D eigenvalue weighted by Crippen LogP contribution is -2.02. The van der Waals surface area contributed by atoms with Crippen molar-refractivity contribution in [3.05, 3.63) is 132 Å². The maximum absolute atomic E-state index is 11.2. The van der Waals surface area contributed by atoms with Crippen molar-refractivity contribution >= 4 is 44.1 Å². The minimum absolute atomic E-state index is 0.342. The molecule has 0 bridgehead atoms. The Morgan fingerprint density at radius 3 is 1.85 bits per heavy atom. The monoisotopic (exact) mass is 698 g/mol. The Bertz CT molecular complexity index is 2630. The number of nitriles is 2. The first-order chi connectivity index (χ1) is 25.9. The number of hydrogen-bond acceptors (Lipinski definition) is 8. The van der Waals surface area contributed by atoms with Crippen LogP contribution in [0.3, 0.4) is 0 Å². The molecule has 0 saturated heterocycles. The maximum atomic E-state index is 11.2. The van der Waals surface area contributed by atoms with Crippen LogP contribution in [0.5, 0.6) is 23.0 Å². The van der Waals surface area contributed by atoms with Gasteiger partial charge in [0.2, 0.25) is 5.75 Å². The summed E-state index contributed by atoms with van der Waals surface area (Å²) in [5, 5.41) is 23.9. The van der Waals surface area contributed by atoms with E-state index in [0.29, 0.717) is 67.5 Å². The number of benzene rings is 3. The van der Waals surface area contributed by atoms with Crippen molar-refractivity contribution in [1.82, 2.24) is 19.9 Å². The van der Waals surface area contributed by atoms with Crippen LogP contribution in [0.15, 0.2) is 104 Å². The van der Waals surface area contributed by atoms with Crippen LogP contribution < -0.4 is 18.9 Å². The number of aromatic nitrogens is 4. The topological polar surface area (TPSA) is 142 Å². The molecule has 0 fully saturated rings. The van der Waals surface area contributed by atoms with Crippen LogP contribution in [0.1, 0.15) is 27.8 Å². The molecule has 0 saturated carbocycles. The zero-order chi connectivity index (χ0) is 37.1. The number of H-pyrrole nitrogens is 2. The van der Waals surface area contributed by atoms with Crippen LogP contribution in [-0.4, -0.2) is 48.4 Å². The number of methoxy groups -OCH3 is 4. The summed E-state index contributed by atoms with van der Waals surface area (Å²) in [7, 11) is 6.33. The van der Waals surface area contributed by atoms with Gasteiger partial charge in [0.15, 0.2) is 11.5 Å². The molecule has 0 amide bonds. The Labute approximate surface area is 306 Å². The molecule has 2 N–H and O–H groups in total. The summed E-state index contributed by atoms with van der Waals surface area (Å²) in [6.45, 7) is 1.96. The highest BCUT2D eigenvalue weighted by Crippen LogP contribution is 2.46. The number of ether oxygens (including phenoxy) is 4. The molecular formula is C43H34N6O4. The molecule has 10 heteroatoms. The van der Waals surface area contributed by atoms with E-state index >= 15 is 0 Å². The van der Waals surface area contributed by atoms with Crippen molar-refractivity contribution in [2.75, 3.05) is 28.4 Å². The highest BCUT2D eigenvalue weighted by molar-refractivity contribution is 6.27. The maximum Gasteiger partial charge on any atom is 0.203 e. The first kappa shape index (κ1) is 34.2. The Kier molecular flexibility index (Phi) is 9.35. The smallest absolute Gasteiger partial charge is 0.203 e. The van der Waals surface area contributed by atoms with Gasteiger partial charge in [-0.2, -0.15) is 10.5 Å². The number of allylic oxidation sites excluding steroid dienone is 4. The number of nitrogens with one attached hydrogen (secondary N) is 2. The molecule has 0 atom stereocenters. The van der Waals surface area contributed by atoms with E-state index in [1.54, 1.807) is 53.2 Å². The predicted molar refractivity (Wildman–Crippen MR) is 206 cm³/mol. The summed E-state index contributed by atoms with van der Waals surface area (Å²) in [6.07, 6.45) is 10.5. The number of aromatic amines is 2. The fraction of sp³-hybridized carbons (Fsp3) is 0.116. The van der Waals surface area contributed by atoms with Crippen LogP contribution in [0.4, 0.5) is 0 Å². The summed E-state index contributed by atoms with van der Waals surface area (Å²) in [5.74, 6) is 2.18. The summed E-state index contributed by atoms with van der Waals surface area (Å²) in [4.78, 5) is 15.6. The molecule has 0 radical (unpaired) electrons. The van der Waals surface area contributed by atoms with E-state index in [-0.39, 0.29) is 0 Å². The number of pyridine rings is 2. The summed E-state index contributed by atoms with van der Waals surface area (Å²) in [5.41, 5.74) is 8.65. The van der Waals surface area contributed by atoms with Gasteiger partial charge in [-0.15, -0.1) is 0 Å². The first-order valence-corrected chi connectivity index (χ1v) is 16.6. The van der Waals surface area contributed by atoms with Gasteiger partial charge in [-0.05, 0) is 78.2 Å². The van der Waals surface area contributed by atoms with Gasteiger partial charge in [0.05, 0.1) is 39.6 Å². The molecule has 10 nitrogen and oxygen atoms in total. The van der Waals surface area contributed by atoms with E-state index in [9.17, 15) is 10.5 Å². The first-order valence-electron chi connectivity index (χ1n) is 16.6. The van der Waals surface area contributed by atoms with Crippen molar-refractivity contribution in [2.24, 2.45) is 0 Å². The zero-order valence-corrected chi connectivity index (χ0v) is 29.7. The number of fused-ring (bicyclic) bond motifs is 2.